The number of piperazine rings is 1. The molecular weight excluding hydrogens is 186 g/mol. The van der Waals surface area contributed by atoms with E-state index in [1.807, 2.05) is 0 Å². The van der Waals surface area contributed by atoms with Crippen molar-refractivity contribution in [3.8, 4) is 0 Å². The van der Waals surface area contributed by atoms with Crippen molar-refractivity contribution in [2.45, 2.75) is 39.5 Å². The Morgan fingerprint density at radius 1 is 1.00 bits per heavy atom. The summed E-state index contributed by atoms with van der Waals surface area (Å²) in [5, 5.41) is 8.53. The minimum absolute atomic E-state index is 1.15. The van der Waals surface area contributed by atoms with Gasteiger partial charge in [0.05, 0.1) is 0 Å². The van der Waals surface area contributed by atoms with Crippen molar-refractivity contribution >= 4 is 0 Å². The lowest BCUT2D eigenvalue weighted by atomic mass is 10.3. The maximum Gasteiger partial charge on any atom is 0.0259 e. The van der Waals surface area contributed by atoms with E-state index < -0.39 is 0 Å². The summed E-state index contributed by atoms with van der Waals surface area (Å²) in [6, 6.07) is 0. The van der Waals surface area contributed by atoms with E-state index in [4.69, 9.17) is 0 Å². The fraction of sp³-hybridized carbons (Fsp3) is 1.00. The number of unbranched alkanes of at least 4 members (excludes halogenated alkanes) is 2. The van der Waals surface area contributed by atoms with Gasteiger partial charge in [-0.2, -0.15) is 0 Å². The van der Waals surface area contributed by atoms with Crippen molar-refractivity contribution in [1.82, 2.24) is 15.3 Å². The van der Waals surface area contributed by atoms with E-state index in [-0.39, 0.29) is 0 Å². The van der Waals surface area contributed by atoms with Crippen LogP contribution in [0.15, 0.2) is 0 Å². The number of nitrogens with one attached hydrogen (secondary N) is 1. The number of hydrogen-bond acceptors (Lipinski definition) is 3. The van der Waals surface area contributed by atoms with Crippen molar-refractivity contribution in [3.63, 3.8) is 0 Å². The monoisotopic (exact) mass is 213 g/mol. The summed E-state index contributed by atoms with van der Waals surface area (Å²) in [5.41, 5.74) is 0. The highest BCUT2D eigenvalue weighted by Crippen LogP contribution is 2.05. The van der Waals surface area contributed by atoms with E-state index in [0.29, 0.717) is 0 Å². The Kier molecular flexibility index (Phi) is 6.98. The van der Waals surface area contributed by atoms with Gasteiger partial charge >= 0.3 is 0 Å². The summed E-state index contributed by atoms with van der Waals surface area (Å²) in [6.07, 6.45) is 5.25. The summed E-state index contributed by atoms with van der Waals surface area (Å²) in [6.45, 7) is 11.7. The Morgan fingerprint density at radius 3 is 2.00 bits per heavy atom. The van der Waals surface area contributed by atoms with Gasteiger partial charge in [0.25, 0.3) is 0 Å². The van der Waals surface area contributed by atoms with E-state index in [1.165, 1.54) is 51.9 Å². The minimum atomic E-state index is 1.15. The molecule has 0 aliphatic carbocycles. The SMILES string of the molecule is CCCCN(CCCC)N1CCNCC1. The molecule has 15 heavy (non-hydrogen) atoms. The molecule has 1 saturated heterocycles. The molecule has 0 aromatic rings. The first kappa shape index (κ1) is 12.9. The van der Waals surface area contributed by atoms with E-state index in [1.54, 1.807) is 0 Å². The predicted molar refractivity (Wildman–Crippen MR) is 65.8 cm³/mol. The first-order chi connectivity index (χ1) is 7.38. The summed E-state index contributed by atoms with van der Waals surface area (Å²) in [7, 11) is 0. The lowest BCUT2D eigenvalue weighted by molar-refractivity contribution is -0.0358. The van der Waals surface area contributed by atoms with Gasteiger partial charge in [0.15, 0.2) is 0 Å². The van der Waals surface area contributed by atoms with E-state index in [9.17, 15) is 0 Å². The fourth-order valence-corrected chi connectivity index (χ4v) is 2.01. The van der Waals surface area contributed by atoms with Crippen LogP contribution in [0.5, 0.6) is 0 Å². The Labute approximate surface area is 94.8 Å². The van der Waals surface area contributed by atoms with Crippen LogP contribution < -0.4 is 5.32 Å². The van der Waals surface area contributed by atoms with Crippen LogP contribution in [0, 0.1) is 0 Å². The number of nitrogens with zero attached hydrogens (tertiary/aromatic N) is 2. The third-order valence-corrected chi connectivity index (χ3v) is 3.03. The molecule has 3 heteroatoms. The highest BCUT2D eigenvalue weighted by molar-refractivity contribution is 4.67. The van der Waals surface area contributed by atoms with Crippen molar-refractivity contribution in [3.05, 3.63) is 0 Å². The van der Waals surface area contributed by atoms with Gasteiger partial charge in [0.1, 0.15) is 0 Å². The highest BCUT2D eigenvalue weighted by atomic mass is 15.6. The molecule has 1 aliphatic heterocycles. The molecule has 90 valence electrons. The van der Waals surface area contributed by atoms with Gasteiger partial charge in [-0.3, -0.25) is 0 Å². The van der Waals surface area contributed by atoms with Gasteiger partial charge in [0.2, 0.25) is 0 Å². The molecule has 0 amide bonds. The van der Waals surface area contributed by atoms with E-state index in [0.717, 1.165) is 13.1 Å². The van der Waals surface area contributed by atoms with Crippen LogP contribution in [0.3, 0.4) is 0 Å². The van der Waals surface area contributed by atoms with Crippen LogP contribution in [0.4, 0.5) is 0 Å². The first-order valence-electron chi connectivity index (χ1n) is 6.59. The molecule has 0 atom stereocenters. The third-order valence-electron chi connectivity index (χ3n) is 3.03. The molecule has 3 nitrogen and oxygen atoms in total. The zero-order chi connectivity index (χ0) is 10.9. The van der Waals surface area contributed by atoms with Gasteiger partial charge < -0.3 is 5.32 Å². The second-order valence-corrected chi connectivity index (χ2v) is 4.36. The van der Waals surface area contributed by atoms with Gasteiger partial charge in [-0.05, 0) is 12.8 Å². The van der Waals surface area contributed by atoms with Crippen molar-refractivity contribution in [2.24, 2.45) is 0 Å². The second kappa shape index (κ2) is 8.08. The molecule has 0 bridgehead atoms. The normalized spacial score (nSPS) is 18.6. The van der Waals surface area contributed by atoms with E-state index in [2.05, 4.69) is 29.2 Å². The van der Waals surface area contributed by atoms with E-state index >= 15 is 0 Å². The van der Waals surface area contributed by atoms with Crippen LogP contribution in [0.25, 0.3) is 0 Å². The molecule has 0 spiro atoms. The molecule has 0 aromatic carbocycles. The molecule has 1 aliphatic rings. The summed E-state index contributed by atoms with van der Waals surface area (Å²) in [4.78, 5) is 0. The van der Waals surface area contributed by atoms with Gasteiger partial charge in [-0.25, -0.2) is 10.0 Å². The molecule has 0 aromatic heterocycles. The first-order valence-corrected chi connectivity index (χ1v) is 6.59. The highest BCUT2D eigenvalue weighted by Gasteiger charge is 2.16. The fourth-order valence-electron chi connectivity index (χ4n) is 2.01. The van der Waals surface area contributed by atoms with Crippen LogP contribution in [0.1, 0.15) is 39.5 Å². The Balaban J connectivity index is 2.30. The van der Waals surface area contributed by atoms with Crippen LogP contribution in [0.2, 0.25) is 0 Å². The van der Waals surface area contributed by atoms with Crippen LogP contribution in [-0.4, -0.2) is 49.3 Å². The maximum absolute atomic E-state index is 3.41. The molecule has 0 saturated carbocycles. The zero-order valence-corrected chi connectivity index (χ0v) is 10.5. The van der Waals surface area contributed by atoms with Crippen molar-refractivity contribution in [1.29, 1.82) is 0 Å². The Hall–Kier alpha value is -0.120. The summed E-state index contributed by atoms with van der Waals surface area (Å²) in [5.74, 6) is 0. The summed E-state index contributed by atoms with van der Waals surface area (Å²) < 4.78 is 0. The van der Waals surface area contributed by atoms with Crippen LogP contribution in [-0.2, 0) is 0 Å². The third kappa shape index (κ3) is 4.96. The van der Waals surface area contributed by atoms with Gasteiger partial charge in [-0.15, -0.1) is 0 Å². The second-order valence-electron chi connectivity index (χ2n) is 4.36. The van der Waals surface area contributed by atoms with Gasteiger partial charge in [0, 0.05) is 39.3 Å². The molecule has 0 unspecified atom stereocenters. The molecular formula is C12H27N3. The molecule has 1 N–H and O–H groups in total. The Morgan fingerprint density at radius 2 is 1.53 bits per heavy atom. The van der Waals surface area contributed by atoms with Gasteiger partial charge in [-0.1, -0.05) is 26.7 Å². The minimum Gasteiger partial charge on any atom is -0.314 e. The molecule has 1 rings (SSSR count). The predicted octanol–water partition coefficient (Wildman–Crippen LogP) is 1.71. The topological polar surface area (TPSA) is 18.5 Å². The molecule has 1 heterocycles. The lowest BCUT2D eigenvalue weighted by Gasteiger charge is -2.37. The quantitative estimate of drug-likeness (QED) is 0.694. The van der Waals surface area contributed by atoms with Crippen LogP contribution >= 0.6 is 0 Å². The largest absolute Gasteiger partial charge is 0.314 e. The smallest absolute Gasteiger partial charge is 0.0259 e. The Bertz CT molecular complexity index is 136. The average Bonchev–Trinajstić information content (AvgIpc) is 2.30. The molecule has 1 fully saturated rings. The average molecular weight is 213 g/mol. The number of rotatable bonds is 7. The standard InChI is InChI=1S/C12H27N3/c1-3-5-9-14(10-6-4-2)15-11-7-13-8-12-15/h13H,3-12H2,1-2H3. The van der Waals surface area contributed by atoms with Crippen molar-refractivity contribution in [2.75, 3.05) is 39.3 Å². The number of hydrazine groups is 1. The van der Waals surface area contributed by atoms with Crippen molar-refractivity contribution < 1.29 is 0 Å². The summed E-state index contributed by atoms with van der Waals surface area (Å²) >= 11 is 0. The maximum atomic E-state index is 3.41. The number of hydrogen-bond donors (Lipinski definition) is 1. The zero-order valence-electron chi connectivity index (χ0n) is 10.5. The molecule has 0 radical (unpaired) electrons. The lowest BCUT2D eigenvalue weighted by Crippen LogP contribution is -2.52.